The quantitative estimate of drug-likeness (QED) is 0.684. The van der Waals surface area contributed by atoms with Crippen LogP contribution in [0.2, 0.25) is 0 Å². The molecule has 0 N–H and O–H groups in total. The Bertz CT molecular complexity index is 688. The predicted octanol–water partition coefficient (Wildman–Crippen LogP) is 3.89. The Balaban J connectivity index is 1.91. The fraction of sp³-hybridized carbons (Fsp3) is 0. The lowest BCUT2D eigenvalue weighted by atomic mass is 10.2. The lowest BCUT2D eigenvalue weighted by Crippen LogP contribution is -2.16. The highest BCUT2D eigenvalue weighted by Gasteiger charge is 2.20. The number of carbonyl (C=O) groups is 1. The number of rotatable bonds is 4. The van der Waals surface area contributed by atoms with Crippen molar-refractivity contribution in [2.75, 3.05) is 0 Å². The summed E-state index contributed by atoms with van der Waals surface area (Å²) < 4.78 is 5.83. The molecular weight excluding hydrogens is 291 g/mol. The summed E-state index contributed by atoms with van der Waals surface area (Å²) in [5.74, 6) is -0.292. The van der Waals surface area contributed by atoms with E-state index in [-0.39, 0.29) is 5.97 Å². The van der Waals surface area contributed by atoms with Crippen LogP contribution < -0.4 is 10.6 Å². The molecule has 22 heavy (non-hydrogen) atoms. The van der Waals surface area contributed by atoms with E-state index in [4.69, 9.17) is 4.52 Å². The first-order chi connectivity index (χ1) is 10.8. The Morgan fingerprint density at radius 2 is 1.05 bits per heavy atom. The zero-order valence-electron chi connectivity index (χ0n) is 11.9. The van der Waals surface area contributed by atoms with E-state index in [1.165, 1.54) is 0 Å². The van der Waals surface area contributed by atoms with Crippen molar-refractivity contribution in [1.82, 2.24) is 0 Å². The van der Waals surface area contributed by atoms with E-state index in [0.717, 1.165) is 10.6 Å². The van der Waals surface area contributed by atoms with Crippen molar-refractivity contribution in [3.8, 4) is 0 Å². The first-order valence-corrected chi connectivity index (χ1v) is 8.28. The molecule has 0 fully saturated rings. The van der Waals surface area contributed by atoms with E-state index < -0.39 is 8.15 Å². The van der Waals surface area contributed by atoms with E-state index >= 15 is 0 Å². The van der Waals surface area contributed by atoms with Crippen LogP contribution in [0.1, 0.15) is 10.4 Å². The molecule has 0 saturated heterocycles. The monoisotopic (exact) mass is 306 g/mol. The Kier molecular flexibility index (Phi) is 4.62. The molecule has 0 spiro atoms. The van der Waals surface area contributed by atoms with E-state index in [1.54, 1.807) is 12.1 Å². The molecule has 3 rings (SSSR count). The molecule has 0 aliphatic carbocycles. The third-order valence-corrected chi connectivity index (χ3v) is 5.05. The number of hydrogen-bond acceptors (Lipinski definition) is 2. The standard InChI is InChI=1S/C19H15O2P/c20-19(16-10-4-1-5-11-16)21-22(17-12-6-2-7-13-17)18-14-8-3-9-15-18/h1-15H. The van der Waals surface area contributed by atoms with Gasteiger partial charge < -0.3 is 4.52 Å². The minimum absolute atomic E-state index is 0.292. The second-order valence-corrected chi connectivity index (χ2v) is 6.51. The van der Waals surface area contributed by atoms with Gasteiger partial charge in [-0.05, 0) is 12.1 Å². The van der Waals surface area contributed by atoms with Crippen molar-refractivity contribution in [2.24, 2.45) is 0 Å². The lowest BCUT2D eigenvalue weighted by Gasteiger charge is -2.18. The van der Waals surface area contributed by atoms with Crippen LogP contribution in [-0.2, 0) is 4.52 Å². The topological polar surface area (TPSA) is 26.3 Å². The zero-order chi connectivity index (χ0) is 15.2. The van der Waals surface area contributed by atoms with Crippen LogP contribution in [0.4, 0.5) is 0 Å². The Morgan fingerprint density at radius 1 is 0.636 bits per heavy atom. The number of hydrogen-bond donors (Lipinski definition) is 0. The molecule has 0 amide bonds. The zero-order valence-corrected chi connectivity index (χ0v) is 12.8. The van der Waals surface area contributed by atoms with Gasteiger partial charge in [-0.15, -0.1) is 0 Å². The summed E-state index contributed by atoms with van der Waals surface area (Å²) in [4.78, 5) is 12.4. The van der Waals surface area contributed by atoms with Gasteiger partial charge in [0.1, 0.15) is 0 Å². The van der Waals surface area contributed by atoms with Gasteiger partial charge >= 0.3 is 5.97 Å². The minimum atomic E-state index is -1.16. The van der Waals surface area contributed by atoms with E-state index in [0.29, 0.717) is 5.56 Å². The van der Waals surface area contributed by atoms with E-state index in [2.05, 4.69) is 0 Å². The van der Waals surface area contributed by atoms with Crippen LogP contribution in [-0.4, -0.2) is 5.97 Å². The predicted molar refractivity (Wildman–Crippen MR) is 90.9 cm³/mol. The van der Waals surface area contributed by atoms with Crippen LogP contribution in [0, 0.1) is 0 Å². The van der Waals surface area contributed by atoms with Gasteiger partial charge in [0.2, 0.25) is 0 Å². The Hall–Kier alpha value is -2.44. The maximum Gasteiger partial charge on any atom is 0.341 e. The van der Waals surface area contributed by atoms with Crippen LogP contribution in [0.15, 0.2) is 91.0 Å². The average Bonchev–Trinajstić information content (AvgIpc) is 2.62. The first-order valence-electron chi connectivity index (χ1n) is 7.02. The molecular formula is C19H15O2P. The van der Waals surface area contributed by atoms with Gasteiger partial charge in [0, 0.05) is 10.6 Å². The normalized spacial score (nSPS) is 10.4. The maximum atomic E-state index is 12.4. The van der Waals surface area contributed by atoms with Crippen LogP contribution >= 0.6 is 8.15 Å². The second kappa shape index (κ2) is 7.02. The van der Waals surface area contributed by atoms with Crippen molar-refractivity contribution in [3.63, 3.8) is 0 Å². The molecule has 0 saturated carbocycles. The molecule has 0 aliphatic heterocycles. The fourth-order valence-electron chi connectivity index (χ4n) is 2.09. The molecule has 0 atom stereocenters. The van der Waals surface area contributed by atoms with Crippen LogP contribution in [0.5, 0.6) is 0 Å². The third kappa shape index (κ3) is 3.41. The highest BCUT2D eigenvalue weighted by Crippen LogP contribution is 2.35. The van der Waals surface area contributed by atoms with Gasteiger partial charge in [0.05, 0.1) is 5.56 Å². The van der Waals surface area contributed by atoms with Crippen molar-refractivity contribution in [1.29, 1.82) is 0 Å². The molecule has 3 aromatic rings. The molecule has 0 aromatic heterocycles. The molecule has 0 radical (unpaired) electrons. The summed E-state index contributed by atoms with van der Waals surface area (Å²) in [6.45, 7) is 0. The largest absolute Gasteiger partial charge is 0.431 e. The average molecular weight is 306 g/mol. The third-order valence-electron chi connectivity index (χ3n) is 3.17. The van der Waals surface area contributed by atoms with Crippen molar-refractivity contribution >= 4 is 24.7 Å². The SMILES string of the molecule is O=C(OP(c1ccccc1)c1ccccc1)c1ccccc1. The highest BCUT2D eigenvalue weighted by atomic mass is 31.1. The minimum Gasteiger partial charge on any atom is -0.431 e. The molecule has 108 valence electrons. The summed E-state index contributed by atoms with van der Waals surface area (Å²) in [6.07, 6.45) is 0. The van der Waals surface area contributed by atoms with Gasteiger partial charge in [0.25, 0.3) is 0 Å². The van der Waals surface area contributed by atoms with Crippen molar-refractivity contribution < 1.29 is 9.32 Å². The molecule has 0 bridgehead atoms. The molecule has 0 unspecified atom stereocenters. The molecule has 0 heterocycles. The molecule has 2 nitrogen and oxygen atoms in total. The van der Waals surface area contributed by atoms with Crippen LogP contribution in [0.3, 0.4) is 0 Å². The van der Waals surface area contributed by atoms with E-state index in [9.17, 15) is 4.79 Å². The number of carbonyl (C=O) groups excluding carboxylic acids is 1. The lowest BCUT2D eigenvalue weighted by molar-refractivity contribution is 0.0759. The van der Waals surface area contributed by atoms with Crippen LogP contribution in [0.25, 0.3) is 0 Å². The van der Waals surface area contributed by atoms with Crippen molar-refractivity contribution in [3.05, 3.63) is 96.6 Å². The Labute approximate surface area is 131 Å². The summed E-state index contributed by atoms with van der Waals surface area (Å²) in [5.41, 5.74) is 0.571. The van der Waals surface area contributed by atoms with Gasteiger partial charge in [-0.25, -0.2) is 4.79 Å². The maximum absolute atomic E-state index is 12.4. The van der Waals surface area contributed by atoms with E-state index in [1.807, 2.05) is 78.9 Å². The summed E-state index contributed by atoms with van der Waals surface area (Å²) >= 11 is 0. The van der Waals surface area contributed by atoms with Crippen molar-refractivity contribution in [2.45, 2.75) is 0 Å². The summed E-state index contributed by atoms with van der Waals surface area (Å²) in [6, 6.07) is 28.9. The molecule has 0 aliphatic rings. The molecule has 3 aromatic carbocycles. The first kappa shape index (κ1) is 14.5. The van der Waals surface area contributed by atoms with Gasteiger partial charge in [-0.3, -0.25) is 0 Å². The smallest absolute Gasteiger partial charge is 0.341 e. The van der Waals surface area contributed by atoms with Gasteiger partial charge in [0.15, 0.2) is 8.15 Å². The second-order valence-electron chi connectivity index (χ2n) is 4.71. The molecule has 3 heteroatoms. The summed E-state index contributed by atoms with van der Waals surface area (Å²) in [5, 5.41) is 2.04. The summed E-state index contributed by atoms with van der Waals surface area (Å²) in [7, 11) is -1.16. The Morgan fingerprint density at radius 3 is 1.50 bits per heavy atom. The number of benzene rings is 3. The fourth-order valence-corrected chi connectivity index (χ4v) is 3.76. The van der Waals surface area contributed by atoms with Gasteiger partial charge in [-0.2, -0.15) is 0 Å². The van der Waals surface area contributed by atoms with Gasteiger partial charge in [-0.1, -0.05) is 78.9 Å². The highest BCUT2D eigenvalue weighted by molar-refractivity contribution is 7.69.